The molecule has 1 aromatic heterocycles. The van der Waals surface area contributed by atoms with Gasteiger partial charge in [-0.25, -0.2) is 4.79 Å². The zero-order valence-electron chi connectivity index (χ0n) is 27.8. The van der Waals surface area contributed by atoms with E-state index < -0.39 is 12.8 Å². The number of piperazine rings is 2. The molecule has 264 valence electrons. The maximum Gasteiger partial charge on any atom is 0.422 e. The van der Waals surface area contributed by atoms with E-state index in [1.54, 1.807) is 6.92 Å². The van der Waals surface area contributed by atoms with Gasteiger partial charge in [0, 0.05) is 70.4 Å². The van der Waals surface area contributed by atoms with Gasteiger partial charge >= 0.3 is 18.2 Å². The van der Waals surface area contributed by atoms with Crippen molar-refractivity contribution in [1.29, 1.82) is 0 Å². The van der Waals surface area contributed by atoms with Gasteiger partial charge < -0.3 is 28.7 Å². The second-order valence-electron chi connectivity index (χ2n) is 12.4. The summed E-state index contributed by atoms with van der Waals surface area (Å²) in [5.41, 5.74) is 2.61. The Hall–Kier alpha value is -4.14. The van der Waals surface area contributed by atoms with Crippen LogP contribution in [-0.2, 0) is 11.3 Å². The number of aromatic nitrogens is 2. The van der Waals surface area contributed by atoms with Crippen molar-refractivity contribution in [2.75, 3.05) is 79.4 Å². The quantitative estimate of drug-likeness (QED) is 0.311. The van der Waals surface area contributed by atoms with Crippen LogP contribution in [0.15, 0.2) is 60.7 Å². The van der Waals surface area contributed by atoms with Gasteiger partial charge in [-0.2, -0.15) is 23.1 Å². The van der Waals surface area contributed by atoms with Gasteiger partial charge in [0.15, 0.2) is 6.61 Å². The van der Waals surface area contributed by atoms with Crippen LogP contribution in [0.2, 0.25) is 0 Å². The fourth-order valence-electron chi connectivity index (χ4n) is 7.14. The minimum atomic E-state index is -4.57. The fraction of sp³-hybridized carbons (Fsp3) is 0.514. The van der Waals surface area contributed by atoms with E-state index in [-0.39, 0.29) is 55.0 Å². The Morgan fingerprint density at radius 2 is 1.53 bits per heavy atom. The lowest BCUT2D eigenvalue weighted by atomic mass is 9.81. The van der Waals surface area contributed by atoms with Crippen LogP contribution in [0.5, 0.6) is 17.8 Å². The molecule has 2 amide bonds. The van der Waals surface area contributed by atoms with Crippen molar-refractivity contribution in [3.8, 4) is 17.8 Å². The summed E-state index contributed by atoms with van der Waals surface area (Å²) in [5, 5.41) is 0. The van der Waals surface area contributed by atoms with Gasteiger partial charge in [-0.05, 0) is 18.1 Å². The highest BCUT2D eigenvalue weighted by Crippen LogP contribution is 2.38. The maximum atomic E-state index is 13.6. The Morgan fingerprint density at radius 1 is 0.878 bits per heavy atom. The third-order valence-corrected chi connectivity index (χ3v) is 9.25. The van der Waals surface area contributed by atoms with Gasteiger partial charge in [0.2, 0.25) is 11.8 Å². The number of morpholine rings is 1. The number of carbonyl (C=O) groups is 1. The number of urea groups is 1. The number of nitrogens with zero attached hydrogens (tertiary/aromatic N) is 6. The van der Waals surface area contributed by atoms with Gasteiger partial charge in [-0.1, -0.05) is 60.7 Å². The minimum Gasteiger partial charge on any atom is -0.481 e. The van der Waals surface area contributed by atoms with E-state index in [2.05, 4.69) is 44.0 Å². The first-order valence-electron chi connectivity index (χ1n) is 16.7. The molecule has 2 aromatic carbocycles. The zero-order chi connectivity index (χ0) is 34.4. The average Bonchev–Trinajstić information content (AvgIpc) is 3.12. The molecule has 3 saturated heterocycles. The Labute approximate surface area is 284 Å². The summed E-state index contributed by atoms with van der Waals surface area (Å²) in [6.07, 6.45) is -4.57. The van der Waals surface area contributed by atoms with Crippen molar-refractivity contribution in [2.24, 2.45) is 0 Å². The molecule has 0 spiro atoms. The number of fused-ring (bicyclic) bond motifs is 1. The highest BCUT2D eigenvalue weighted by Gasteiger charge is 2.44. The van der Waals surface area contributed by atoms with Crippen LogP contribution < -0.4 is 14.2 Å². The average molecular weight is 685 g/mol. The Morgan fingerprint density at radius 3 is 2.14 bits per heavy atom. The maximum absolute atomic E-state index is 13.6. The van der Waals surface area contributed by atoms with Crippen molar-refractivity contribution < 1.29 is 36.9 Å². The normalized spacial score (nSPS) is 20.6. The molecule has 2 atom stereocenters. The Balaban J connectivity index is 1.36. The van der Waals surface area contributed by atoms with Crippen LogP contribution in [0.4, 0.5) is 18.0 Å². The summed E-state index contributed by atoms with van der Waals surface area (Å²) >= 11 is 0. The summed E-state index contributed by atoms with van der Waals surface area (Å²) in [6, 6.07) is 20.5. The topological polar surface area (TPSA) is 92.7 Å². The number of ether oxygens (including phenoxy) is 4. The van der Waals surface area contributed by atoms with E-state index in [4.69, 9.17) is 18.9 Å². The number of alkyl halides is 3. The molecule has 1 unspecified atom stereocenters. The number of hydrogen-bond acceptors (Lipinski definition) is 9. The van der Waals surface area contributed by atoms with Crippen molar-refractivity contribution in [2.45, 2.75) is 37.6 Å². The first-order valence-corrected chi connectivity index (χ1v) is 16.7. The fourth-order valence-corrected chi connectivity index (χ4v) is 7.14. The molecule has 0 radical (unpaired) electrons. The van der Waals surface area contributed by atoms with Gasteiger partial charge in [0.25, 0.3) is 0 Å². The number of amides is 2. The van der Waals surface area contributed by atoms with Crippen LogP contribution in [-0.4, -0.2) is 133 Å². The summed E-state index contributed by atoms with van der Waals surface area (Å²) in [4.78, 5) is 30.7. The van der Waals surface area contributed by atoms with Crippen LogP contribution >= 0.6 is 0 Å². The lowest BCUT2D eigenvalue weighted by molar-refractivity contribution is -0.154. The number of rotatable bonds is 10. The molecular weight excluding hydrogens is 641 g/mol. The van der Waals surface area contributed by atoms with Crippen LogP contribution in [0, 0.1) is 0 Å². The summed E-state index contributed by atoms with van der Waals surface area (Å²) in [7, 11) is 1.41. The highest BCUT2D eigenvalue weighted by molar-refractivity contribution is 5.74. The van der Waals surface area contributed by atoms with Crippen LogP contribution in [0.1, 0.15) is 29.5 Å². The number of methoxy groups -OCH3 is 1. The molecule has 3 fully saturated rings. The molecule has 3 aliphatic rings. The molecule has 6 rings (SSSR count). The van der Waals surface area contributed by atoms with E-state index in [0.29, 0.717) is 64.6 Å². The van der Waals surface area contributed by atoms with E-state index >= 15 is 0 Å². The molecule has 14 heteroatoms. The van der Waals surface area contributed by atoms with Crippen LogP contribution in [0.3, 0.4) is 0 Å². The molecule has 0 saturated carbocycles. The van der Waals surface area contributed by atoms with Gasteiger partial charge in [-0.15, -0.1) is 0 Å². The zero-order valence-corrected chi connectivity index (χ0v) is 27.8. The number of hydrogen-bond donors (Lipinski definition) is 0. The predicted octanol–water partition coefficient (Wildman–Crippen LogP) is 4.28. The molecule has 0 aliphatic carbocycles. The summed E-state index contributed by atoms with van der Waals surface area (Å²) < 4.78 is 61.8. The van der Waals surface area contributed by atoms with Crippen molar-refractivity contribution in [3.63, 3.8) is 0 Å². The molecular formula is C35H43F3N6O5. The summed E-state index contributed by atoms with van der Waals surface area (Å²) in [5.74, 6) is -0.166. The molecule has 49 heavy (non-hydrogen) atoms. The lowest BCUT2D eigenvalue weighted by Gasteiger charge is -2.54. The van der Waals surface area contributed by atoms with E-state index in [1.165, 1.54) is 7.11 Å². The highest BCUT2D eigenvalue weighted by atomic mass is 19.4. The molecule has 0 bridgehead atoms. The lowest BCUT2D eigenvalue weighted by Crippen LogP contribution is -2.68. The van der Waals surface area contributed by atoms with Gasteiger partial charge in [-0.3, -0.25) is 9.80 Å². The molecule has 11 nitrogen and oxygen atoms in total. The third kappa shape index (κ3) is 8.36. The van der Waals surface area contributed by atoms with Crippen molar-refractivity contribution in [3.05, 3.63) is 77.4 Å². The Bertz CT molecular complexity index is 1490. The predicted molar refractivity (Wildman–Crippen MR) is 175 cm³/mol. The molecule has 0 N–H and O–H groups in total. The smallest absolute Gasteiger partial charge is 0.422 e. The summed E-state index contributed by atoms with van der Waals surface area (Å²) in [6.45, 7) is 5.66. The Kier molecular flexibility index (Phi) is 11.1. The van der Waals surface area contributed by atoms with Crippen LogP contribution in [0.25, 0.3) is 0 Å². The number of carbonyl (C=O) groups excluding carboxylic acids is 1. The van der Waals surface area contributed by atoms with E-state index in [9.17, 15) is 18.0 Å². The number of benzene rings is 2. The van der Waals surface area contributed by atoms with Crippen molar-refractivity contribution in [1.82, 2.24) is 29.6 Å². The second kappa shape index (κ2) is 15.6. The minimum absolute atomic E-state index is 0.00344. The van der Waals surface area contributed by atoms with E-state index in [0.717, 1.165) is 11.1 Å². The van der Waals surface area contributed by atoms with Gasteiger partial charge in [0.1, 0.15) is 0 Å². The molecule has 4 heterocycles. The van der Waals surface area contributed by atoms with Crippen molar-refractivity contribution >= 4 is 6.03 Å². The SMILES string of the molecule is CCOc1nc(OC)c(CN2CC(C(c3ccccc3)c3ccccc3)N3CCN(C(=O)N4CCOCC4)C[C@H]3C2)c(OCC(F)(F)F)n1. The van der Waals surface area contributed by atoms with Gasteiger partial charge in [0.05, 0.1) is 32.5 Å². The largest absolute Gasteiger partial charge is 0.481 e. The standard InChI is InChI=1S/C35H43F3N6O5/c1-3-48-33-39-31(46-2)28(32(40-33)49-24-35(36,37)38)22-41-20-27-21-43(34(45)42-16-18-47-19-17-42)14-15-44(27)29(23-41)30(25-10-6-4-7-11-25)26-12-8-5-9-13-26/h4-13,27,29-30H,3,14-24H2,1-2H3/t27-,29?/m1/s1. The first kappa shape index (κ1) is 34.7. The third-order valence-electron chi connectivity index (χ3n) is 9.25. The second-order valence-corrected chi connectivity index (χ2v) is 12.4. The first-order chi connectivity index (χ1) is 23.7. The number of halogens is 3. The monoisotopic (exact) mass is 684 g/mol. The van der Waals surface area contributed by atoms with E-state index in [1.807, 2.05) is 46.2 Å². The molecule has 3 aromatic rings. The molecule has 3 aliphatic heterocycles.